The van der Waals surface area contributed by atoms with Gasteiger partial charge >= 0.3 is 11.9 Å². The highest BCUT2D eigenvalue weighted by molar-refractivity contribution is 14.0. The molecule has 5 aromatic heterocycles. The molecule has 6 saturated carbocycles. The van der Waals surface area contributed by atoms with Gasteiger partial charge in [-0.05, 0) is 126 Å². The Hall–Kier alpha value is -5.70. The van der Waals surface area contributed by atoms with Crippen molar-refractivity contribution in [1.82, 2.24) is 40.7 Å². The van der Waals surface area contributed by atoms with E-state index in [0.717, 1.165) is 135 Å². The van der Waals surface area contributed by atoms with Crippen LogP contribution in [0.1, 0.15) is 156 Å². The van der Waals surface area contributed by atoms with Crippen molar-refractivity contribution in [1.29, 1.82) is 0 Å². The van der Waals surface area contributed by atoms with Crippen LogP contribution in [0.25, 0.3) is 33.8 Å². The van der Waals surface area contributed by atoms with E-state index in [1.807, 2.05) is 42.5 Å². The minimum Gasteiger partial charge on any atom is -0.478 e. The molecule has 0 radical (unpaired) electrons. The molecule has 9 fully saturated rings. The number of piperidine rings is 3. The monoisotopic (exact) mass is 1530 g/mol. The zero-order chi connectivity index (χ0) is 65.2. The quantitative estimate of drug-likeness (QED) is 0.0532. The number of rotatable bonds is 20. The number of nitrogens with zero attached hydrogens (tertiary/aromatic N) is 9. The first-order chi connectivity index (χ1) is 46.2. The van der Waals surface area contributed by atoms with Crippen LogP contribution in [0.3, 0.4) is 0 Å². The Morgan fingerprint density at radius 3 is 1.19 bits per heavy atom. The topological polar surface area (TPSA) is 239 Å². The standard InChI is InChI=1S/C26H26Cl2N4O4.C24H22Cl2N4O4.C19H20Cl2N2O2.HI/c1-2-34-25(33)16-10-29-26(30-11-16)32-12-15-8-17(32)9-21(15)35-13-18-23(31-36-24(18)14-6-7-14)22-19(27)4-3-5-20(22)28;25-17-2-1-3-18(26)20(17)21-16(22(34-29-21)12-4-5-12)11-33-19-7-15-6-13(19)10-30(15)24-27-8-14(9-28-24)23(31)32;20-14-2-1-3-15(21)17(14)18-13(19(25-23-18)10-4-5-10)9-24-16-7-12-6-11(16)8-22-12;/h3-5,10-11,14-15,17,21H,2,6-9,12-13H2,1H3;1-3,8-9,12-13,15,19H,4-7,10-11H2,(H,31,32);1-3,10-12,16,22H,4-9H2;1H/t15-,17-,21+;13-,15-,19+;11-,12-,16+;/m000./s1. The first-order valence-electron chi connectivity index (χ1n) is 32.7. The van der Waals surface area contributed by atoms with Gasteiger partial charge in [-0.3, -0.25) is 0 Å². The molecule has 6 bridgehead atoms. The van der Waals surface area contributed by atoms with Gasteiger partial charge in [0.1, 0.15) is 34.4 Å². The van der Waals surface area contributed by atoms with E-state index >= 15 is 0 Å². The van der Waals surface area contributed by atoms with E-state index < -0.39 is 11.9 Å². The van der Waals surface area contributed by atoms with Crippen LogP contribution in [0.5, 0.6) is 0 Å². The molecule has 8 heterocycles. The third-order valence-electron chi connectivity index (χ3n) is 20.0. The maximum absolute atomic E-state index is 11.9. The minimum atomic E-state index is -1.03. The third kappa shape index (κ3) is 14.0. The molecule has 0 spiro atoms. The molecule has 0 unspecified atom stereocenters. The van der Waals surface area contributed by atoms with E-state index in [2.05, 4.69) is 50.5 Å². The second kappa shape index (κ2) is 28.9. The zero-order valence-electron chi connectivity index (χ0n) is 52.2. The molecule has 504 valence electrons. The average Bonchev–Trinajstić information content (AvgIpc) is 1.60. The number of hydrogen-bond donors (Lipinski definition) is 2. The van der Waals surface area contributed by atoms with Gasteiger partial charge in [0.25, 0.3) is 0 Å². The number of ether oxygens (including phenoxy) is 4. The summed E-state index contributed by atoms with van der Waals surface area (Å²) < 4.78 is 41.5. The van der Waals surface area contributed by atoms with Crippen LogP contribution in [0.15, 0.2) is 93.0 Å². The van der Waals surface area contributed by atoms with Crippen molar-refractivity contribution in [2.24, 2.45) is 17.8 Å². The van der Waals surface area contributed by atoms with Gasteiger partial charge in [0.15, 0.2) is 0 Å². The first kappa shape index (κ1) is 67.5. The highest BCUT2D eigenvalue weighted by atomic mass is 127. The van der Waals surface area contributed by atoms with E-state index in [0.29, 0.717) is 150 Å². The Morgan fingerprint density at radius 1 is 0.521 bits per heavy atom. The lowest BCUT2D eigenvalue weighted by Gasteiger charge is -2.31. The second-order valence-electron chi connectivity index (χ2n) is 26.3. The number of carbonyl (C=O) groups excluding carboxylic acids is 1. The highest BCUT2D eigenvalue weighted by Gasteiger charge is 2.49. The summed E-state index contributed by atoms with van der Waals surface area (Å²) in [5, 5.41) is 29.0. The van der Waals surface area contributed by atoms with E-state index in [1.165, 1.54) is 31.2 Å². The lowest BCUT2D eigenvalue weighted by Crippen LogP contribution is -2.39. The molecule has 3 aliphatic heterocycles. The fraction of sp³-hybridized carbons (Fsp3) is 0.464. The van der Waals surface area contributed by atoms with Crippen LogP contribution in [0, 0.1) is 17.8 Å². The number of aromatic carboxylic acids is 1. The lowest BCUT2D eigenvalue weighted by molar-refractivity contribution is 0.00913. The maximum atomic E-state index is 11.9. The van der Waals surface area contributed by atoms with Crippen LogP contribution >= 0.6 is 93.6 Å². The smallest absolute Gasteiger partial charge is 0.341 e. The number of aromatic nitrogens is 7. The van der Waals surface area contributed by atoms with Crippen molar-refractivity contribution >= 4 is 117 Å². The summed E-state index contributed by atoms with van der Waals surface area (Å²) in [6.45, 7) is 6.07. The van der Waals surface area contributed by atoms with E-state index in [-0.39, 0.29) is 47.8 Å². The summed E-state index contributed by atoms with van der Waals surface area (Å²) in [6, 6.07) is 17.6. The van der Waals surface area contributed by atoms with Crippen LogP contribution in [-0.4, -0.2) is 115 Å². The average molecular weight is 1540 g/mol. The number of halogens is 7. The minimum absolute atomic E-state index is 0. The maximum Gasteiger partial charge on any atom is 0.341 e. The van der Waals surface area contributed by atoms with E-state index in [1.54, 1.807) is 19.1 Å². The Balaban J connectivity index is 0.000000125. The lowest BCUT2D eigenvalue weighted by atomic mass is 10.0. The highest BCUT2D eigenvalue weighted by Crippen LogP contribution is 2.51. The van der Waals surface area contributed by atoms with Gasteiger partial charge in [-0.15, -0.1) is 24.0 Å². The van der Waals surface area contributed by atoms with Crippen molar-refractivity contribution in [3.05, 3.63) is 155 Å². The van der Waals surface area contributed by atoms with E-state index in [4.69, 9.17) is 107 Å². The molecule has 20 nitrogen and oxygen atoms in total. The molecule has 9 aliphatic rings. The normalized spacial score (nSPS) is 24.2. The second-order valence-corrected chi connectivity index (χ2v) is 28.7. The van der Waals surface area contributed by atoms with Gasteiger partial charge in [-0.25, -0.2) is 29.5 Å². The first-order valence-corrected chi connectivity index (χ1v) is 34.9. The summed E-state index contributed by atoms with van der Waals surface area (Å²) >= 11 is 38.7. The van der Waals surface area contributed by atoms with Crippen LogP contribution in [0.2, 0.25) is 30.1 Å². The number of nitrogens with one attached hydrogen (secondary N) is 1. The number of benzene rings is 3. The van der Waals surface area contributed by atoms with Gasteiger partial charge in [0.2, 0.25) is 11.9 Å². The number of carbonyl (C=O) groups is 2. The number of carboxylic acid groups (broad SMARTS) is 1. The van der Waals surface area contributed by atoms with Gasteiger partial charge in [-0.1, -0.05) is 103 Å². The fourth-order valence-corrected chi connectivity index (χ4v) is 16.5. The molecular formula is C69H69Cl6IN10O10. The molecule has 27 heteroatoms. The summed E-state index contributed by atoms with van der Waals surface area (Å²) in [5.74, 6) is 5.07. The van der Waals surface area contributed by atoms with Gasteiger partial charge in [-0.2, -0.15) is 0 Å². The van der Waals surface area contributed by atoms with Crippen molar-refractivity contribution in [2.75, 3.05) is 36.0 Å². The number of hydrogen-bond acceptors (Lipinski definition) is 19. The van der Waals surface area contributed by atoms with Crippen molar-refractivity contribution in [3.8, 4) is 33.8 Å². The molecule has 3 aromatic carbocycles. The molecule has 3 saturated heterocycles. The Bertz CT molecular complexity index is 4090. The van der Waals surface area contributed by atoms with Crippen LogP contribution in [0.4, 0.5) is 11.9 Å². The Morgan fingerprint density at radius 2 is 0.885 bits per heavy atom. The summed E-state index contributed by atoms with van der Waals surface area (Å²) in [5.41, 5.74) is 7.54. The summed E-state index contributed by atoms with van der Waals surface area (Å²) in [7, 11) is 0. The molecule has 2 N–H and O–H groups in total. The molecule has 8 aromatic rings. The summed E-state index contributed by atoms with van der Waals surface area (Å²) in [4.78, 5) is 44.7. The van der Waals surface area contributed by atoms with Crippen molar-refractivity contribution < 1.29 is 47.2 Å². The fourth-order valence-electron chi connectivity index (χ4n) is 14.8. The molecule has 6 aliphatic carbocycles. The van der Waals surface area contributed by atoms with Gasteiger partial charge < -0.3 is 52.7 Å². The van der Waals surface area contributed by atoms with E-state index in [9.17, 15) is 9.59 Å². The SMILES string of the molecule is CCOC(=O)c1cnc(N2C[C@@H]3C[C@H]2C[C@H]3OCc2c(-c3c(Cl)cccc3Cl)noc2C2CC2)nc1.Clc1cccc(Cl)c1-c1noc(C2CC2)c1CO[C@@H]1C[C@@H]2C[C@H]1CN2.I.O=C(O)c1cnc(N2C[C@@H]3C[C@H]2C[C@H]3OCc2c(-c3c(Cl)cccc3Cl)noc2C2CC2)nc1. The van der Waals surface area contributed by atoms with Gasteiger partial charge in [0.05, 0.1) is 86.0 Å². The predicted octanol–water partition coefficient (Wildman–Crippen LogP) is 16.3. The number of fused-ring (bicyclic) bond motifs is 6. The zero-order valence-corrected chi connectivity index (χ0v) is 59.1. The summed E-state index contributed by atoms with van der Waals surface area (Å²) in [6.07, 6.45) is 19.1. The number of carboxylic acids is 1. The van der Waals surface area contributed by atoms with Crippen LogP contribution in [-0.2, 0) is 38.8 Å². The number of esters is 1. The molecule has 17 rings (SSSR count). The predicted molar refractivity (Wildman–Crippen MR) is 372 cm³/mol. The Kier molecular flexibility index (Phi) is 20.3. The number of anilines is 2. The van der Waals surface area contributed by atoms with Crippen LogP contribution < -0.4 is 15.1 Å². The Labute approximate surface area is 601 Å². The van der Waals surface area contributed by atoms with Crippen molar-refractivity contribution in [2.45, 2.75) is 158 Å². The third-order valence-corrected chi connectivity index (χ3v) is 21.9. The molecule has 0 amide bonds. The molecule has 9 atom stereocenters. The van der Waals surface area contributed by atoms with Gasteiger partial charge in [0, 0.05) is 126 Å². The molecular weight excluding hydrogens is 1470 g/mol. The van der Waals surface area contributed by atoms with Crippen molar-refractivity contribution in [3.63, 3.8) is 0 Å². The largest absolute Gasteiger partial charge is 0.478 e. The molecule has 96 heavy (non-hydrogen) atoms.